The molecule has 0 radical (unpaired) electrons. The topological polar surface area (TPSA) is 203 Å². The highest BCUT2D eigenvalue weighted by atomic mass is 16.5. The molecule has 0 aromatic carbocycles. The number of aliphatic hydroxyl groups excluding tert-OH is 4. The van der Waals surface area contributed by atoms with Gasteiger partial charge in [0.2, 0.25) is 11.8 Å². The molecule has 0 bridgehead atoms. The lowest BCUT2D eigenvalue weighted by Crippen LogP contribution is -2.47. The van der Waals surface area contributed by atoms with Crippen molar-refractivity contribution in [2.45, 2.75) is 235 Å². The van der Waals surface area contributed by atoms with E-state index in [9.17, 15) is 44.7 Å². The first-order valence-electron chi connectivity index (χ1n) is 25.0. The van der Waals surface area contributed by atoms with Crippen molar-refractivity contribution < 1.29 is 49.4 Å². The van der Waals surface area contributed by atoms with Gasteiger partial charge in [0.1, 0.15) is 12.2 Å². The van der Waals surface area contributed by atoms with Gasteiger partial charge in [-0.3, -0.25) is 19.2 Å². The molecule has 0 heterocycles. The average Bonchev–Trinajstić information content (AvgIpc) is 3.25. The number of esters is 1. The summed E-state index contributed by atoms with van der Waals surface area (Å²) in [5.74, 6) is -2.34. The fourth-order valence-corrected chi connectivity index (χ4v) is 7.38. The molecule has 0 aromatic heterocycles. The van der Waals surface area contributed by atoms with E-state index in [0.29, 0.717) is 24.9 Å². The van der Waals surface area contributed by atoms with Crippen LogP contribution in [0.15, 0.2) is 0 Å². The minimum atomic E-state index is -1.38. The SMILES string of the molecule is CCCCCCCCC(CCCCCC)CC(CNC(=O)[C@H](O)C(C)(C)CO)C(=O)O.CCCCCCCCC(CCCCCC)COC(=O)CCNC(=O)[C@H](O)C(C)(C)CO. The predicted octanol–water partition coefficient (Wildman–Crippen LogP) is 9.66. The summed E-state index contributed by atoms with van der Waals surface area (Å²) in [5, 5.41) is 53.5. The monoisotopic (exact) mass is 887 g/mol. The number of rotatable bonds is 40. The first-order chi connectivity index (χ1) is 29.5. The van der Waals surface area contributed by atoms with Crippen LogP contribution in [0.1, 0.15) is 222 Å². The van der Waals surface area contributed by atoms with E-state index in [1.165, 1.54) is 116 Å². The maximum atomic E-state index is 12.2. The van der Waals surface area contributed by atoms with E-state index in [0.717, 1.165) is 38.5 Å². The number of carbonyl (C=O) groups is 4. The van der Waals surface area contributed by atoms with Gasteiger partial charge in [-0.25, -0.2) is 0 Å². The van der Waals surface area contributed by atoms with E-state index in [2.05, 4.69) is 38.3 Å². The van der Waals surface area contributed by atoms with Crippen LogP contribution in [0.25, 0.3) is 0 Å². The van der Waals surface area contributed by atoms with Crippen molar-refractivity contribution in [3.8, 4) is 0 Å². The smallest absolute Gasteiger partial charge is 0.308 e. The highest BCUT2D eigenvalue weighted by molar-refractivity contribution is 5.82. The summed E-state index contributed by atoms with van der Waals surface area (Å²) in [5.41, 5.74) is -1.89. The Kier molecular flexibility index (Phi) is 39.0. The van der Waals surface area contributed by atoms with Crippen molar-refractivity contribution in [3.05, 3.63) is 0 Å². The van der Waals surface area contributed by atoms with Gasteiger partial charge in [0.25, 0.3) is 0 Å². The Morgan fingerprint density at radius 2 is 0.887 bits per heavy atom. The third-order valence-corrected chi connectivity index (χ3v) is 12.3. The van der Waals surface area contributed by atoms with Crippen molar-refractivity contribution in [1.82, 2.24) is 10.6 Å². The number of aliphatic hydroxyl groups is 4. The molecule has 12 nitrogen and oxygen atoms in total. The van der Waals surface area contributed by atoms with E-state index in [1.54, 1.807) is 27.7 Å². The van der Waals surface area contributed by atoms with E-state index < -0.39 is 46.7 Å². The van der Waals surface area contributed by atoms with Crippen LogP contribution < -0.4 is 10.6 Å². The van der Waals surface area contributed by atoms with Crippen LogP contribution in [-0.4, -0.2) is 94.4 Å². The maximum Gasteiger partial charge on any atom is 0.308 e. The zero-order chi connectivity index (χ0) is 47.2. The van der Waals surface area contributed by atoms with Crippen LogP contribution in [0.2, 0.25) is 0 Å². The van der Waals surface area contributed by atoms with Crippen molar-refractivity contribution in [2.75, 3.05) is 32.9 Å². The second-order valence-corrected chi connectivity index (χ2v) is 19.4. The summed E-state index contributed by atoms with van der Waals surface area (Å²) in [6.45, 7) is 15.2. The molecule has 0 aromatic rings. The fraction of sp³-hybridized carbons (Fsp3) is 0.920. The van der Waals surface area contributed by atoms with Crippen LogP contribution >= 0.6 is 0 Å². The summed E-state index contributed by atoms with van der Waals surface area (Å²) in [7, 11) is 0. The number of aliphatic carboxylic acids is 1. The quantitative estimate of drug-likeness (QED) is 0.0229. The molecule has 0 saturated carbocycles. The number of amides is 2. The van der Waals surface area contributed by atoms with Gasteiger partial charge in [-0.1, -0.05) is 197 Å². The molecule has 2 amide bonds. The van der Waals surface area contributed by atoms with Gasteiger partial charge in [0.15, 0.2) is 0 Å². The van der Waals surface area contributed by atoms with Crippen LogP contribution in [0.5, 0.6) is 0 Å². The number of hydrogen-bond donors (Lipinski definition) is 7. The highest BCUT2D eigenvalue weighted by Crippen LogP contribution is 2.27. The molecular formula is C50H98N2O10. The van der Waals surface area contributed by atoms with Crippen molar-refractivity contribution in [1.29, 1.82) is 0 Å². The minimum absolute atomic E-state index is 0.00863. The molecule has 0 spiro atoms. The van der Waals surface area contributed by atoms with Crippen molar-refractivity contribution in [2.24, 2.45) is 28.6 Å². The van der Waals surface area contributed by atoms with Crippen LogP contribution in [-0.2, 0) is 23.9 Å². The van der Waals surface area contributed by atoms with E-state index in [4.69, 9.17) is 4.74 Å². The summed E-state index contributed by atoms with van der Waals surface area (Å²) in [4.78, 5) is 48.1. The fourth-order valence-electron chi connectivity index (χ4n) is 7.38. The summed E-state index contributed by atoms with van der Waals surface area (Å²) in [6.07, 6.45) is 26.7. The Bertz CT molecular complexity index is 1120. The van der Waals surface area contributed by atoms with Gasteiger partial charge in [-0.05, 0) is 31.1 Å². The Hall–Kier alpha value is -2.28. The number of hydrogen-bond acceptors (Lipinski definition) is 9. The second-order valence-electron chi connectivity index (χ2n) is 19.4. The first-order valence-corrected chi connectivity index (χ1v) is 25.0. The summed E-state index contributed by atoms with van der Waals surface area (Å²) < 4.78 is 5.49. The predicted molar refractivity (Wildman–Crippen MR) is 252 cm³/mol. The lowest BCUT2D eigenvalue weighted by molar-refractivity contribution is -0.146. The Morgan fingerprint density at radius 1 is 0.532 bits per heavy atom. The highest BCUT2D eigenvalue weighted by Gasteiger charge is 2.34. The molecule has 0 aliphatic heterocycles. The second kappa shape index (κ2) is 39.1. The maximum absolute atomic E-state index is 12.2. The van der Waals surface area contributed by atoms with E-state index >= 15 is 0 Å². The Morgan fingerprint density at radius 3 is 1.27 bits per heavy atom. The molecule has 5 atom stereocenters. The standard InChI is InChI=1S/2C25H49NO5/c1-5-7-9-11-12-14-16-20(15-13-10-8-6-2)17-21(24(30)31)18-26-23(29)22(28)25(3,4)19-27;1-5-7-9-11-12-14-16-21(15-13-10-8-6-2)19-31-22(28)17-18-26-24(30)23(29)25(3,4)20-27/h20-22,27-28H,5-19H2,1-4H3,(H,26,29)(H,30,31);21,23,27,29H,5-20H2,1-4H3,(H,26,30)/t20?,21?,22-;21?,23-/m00/s1. The van der Waals surface area contributed by atoms with Crippen LogP contribution in [0, 0.1) is 28.6 Å². The lowest BCUT2D eigenvalue weighted by atomic mass is 9.85. The van der Waals surface area contributed by atoms with Gasteiger partial charge >= 0.3 is 11.9 Å². The number of carboxylic acid groups (broad SMARTS) is 1. The van der Waals surface area contributed by atoms with Gasteiger partial charge in [-0.15, -0.1) is 0 Å². The van der Waals surface area contributed by atoms with Crippen molar-refractivity contribution in [3.63, 3.8) is 0 Å². The largest absolute Gasteiger partial charge is 0.481 e. The lowest BCUT2D eigenvalue weighted by Gasteiger charge is -2.28. The molecule has 0 fully saturated rings. The zero-order valence-electron chi connectivity index (χ0n) is 41.1. The summed E-state index contributed by atoms with van der Waals surface area (Å²) in [6, 6.07) is 0. The van der Waals surface area contributed by atoms with Crippen LogP contribution in [0.3, 0.4) is 0 Å². The molecule has 368 valence electrons. The van der Waals surface area contributed by atoms with E-state index in [-0.39, 0.29) is 38.7 Å². The molecule has 3 unspecified atom stereocenters. The molecule has 7 N–H and O–H groups in total. The van der Waals surface area contributed by atoms with Gasteiger partial charge in [-0.2, -0.15) is 0 Å². The molecule has 62 heavy (non-hydrogen) atoms. The van der Waals surface area contributed by atoms with Gasteiger partial charge < -0.3 is 40.9 Å². The molecule has 12 heteroatoms. The van der Waals surface area contributed by atoms with Crippen LogP contribution in [0.4, 0.5) is 0 Å². The average molecular weight is 887 g/mol. The number of ether oxygens (including phenoxy) is 1. The van der Waals surface area contributed by atoms with E-state index in [1.807, 2.05) is 0 Å². The number of carbonyl (C=O) groups excluding carboxylic acids is 3. The molecular weight excluding hydrogens is 789 g/mol. The third kappa shape index (κ3) is 32.4. The number of carboxylic acids is 1. The Labute approximate surface area is 378 Å². The van der Waals surface area contributed by atoms with Gasteiger partial charge in [0.05, 0.1) is 32.2 Å². The Balaban J connectivity index is 0. The van der Waals surface area contributed by atoms with Crippen molar-refractivity contribution >= 4 is 23.8 Å². The first kappa shape index (κ1) is 61.8. The third-order valence-electron chi connectivity index (χ3n) is 12.3. The minimum Gasteiger partial charge on any atom is -0.481 e. The van der Waals surface area contributed by atoms with Gasteiger partial charge in [0, 0.05) is 23.9 Å². The molecule has 0 aliphatic rings. The summed E-state index contributed by atoms with van der Waals surface area (Å²) >= 11 is 0. The number of nitrogens with one attached hydrogen (secondary N) is 2. The zero-order valence-corrected chi connectivity index (χ0v) is 41.1. The molecule has 0 rings (SSSR count). The molecule has 0 saturated heterocycles. The number of unbranched alkanes of at least 4 members (excludes halogenated alkanes) is 16. The molecule has 0 aliphatic carbocycles. The normalized spacial score (nSPS) is 14.2.